The number of hydrogen-bond donors (Lipinski definition) is 4. The molecule has 3 aromatic rings. The lowest BCUT2D eigenvalue weighted by molar-refractivity contribution is 0.695. The van der Waals surface area contributed by atoms with E-state index in [1.807, 2.05) is 24.3 Å². The first kappa shape index (κ1) is 13.8. The van der Waals surface area contributed by atoms with E-state index < -0.39 is 0 Å². The fraction of sp³-hybridized carbons (Fsp3) is 0.143. The van der Waals surface area contributed by atoms with Crippen LogP contribution in [0.1, 0.15) is 28.7 Å². The summed E-state index contributed by atoms with van der Waals surface area (Å²) in [5.74, 6) is 1.41. The van der Waals surface area contributed by atoms with E-state index in [2.05, 4.69) is 36.9 Å². The molecule has 0 spiro atoms. The molecule has 112 valence electrons. The second-order valence-electron chi connectivity index (χ2n) is 4.86. The van der Waals surface area contributed by atoms with E-state index in [0.717, 1.165) is 11.1 Å². The van der Waals surface area contributed by atoms with Crippen molar-refractivity contribution < 1.29 is 0 Å². The van der Waals surface area contributed by atoms with Crippen molar-refractivity contribution in [2.24, 2.45) is 0 Å². The van der Waals surface area contributed by atoms with E-state index in [9.17, 15) is 0 Å². The minimum absolute atomic E-state index is 0.189. The normalized spacial score (nSPS) is 11.0. The van der Waals surface area contributed by atoms with Crippen molar-refractivity contribution in [1.29, 1.82) is 0 Å². The Morgan fingerprint density at radius 3 is 1.95 bits per heavy atom. The first-order valence-corrected chi connectivity index (χ1v) is 6.72. The fourth-order valence-corrected chi connectivity index (χ4v) is 2.24. The number of rotatable bonds is 5. The van der Waals surface area contributed by atoms with Gasteiger partial charge in [0, 0.05) is 0 Å². The Morgan fingerprint density at radius 1 is 1.00 bits per heavy atom. The third kappa shape index (κ3) is 2.80. The van der Waals surface area contributed by atoms with Crippen LogP contribution in [0, 0.1) is 0 Å². The topological polar surface area (TPSA) is 135 Å². The van der Waals surface area contributed by atoms with Crippen LogP contribution < -0.4 is 11.5 Å². The van der Waals surface area contributed by atoms with Gasteiger partial charge in [0.05, 0.1) is 5.92 Å². The molecule has 0 amide bonds. The van der Waals surface area contributed by atoms with Gasteiger partial charge in [-0.3, -0.25) is 10.2 Å². The number of aromatic amines is 2. The molecule has 0 saturated heterocycles. The molecule has 0 bridgehead atoms. The molecule has 0 radical (unpaired) electrons. The molecule has 6 N–H and O–H groups in total. The number of benzene rings is 1. The molecule has 2 heterocycles. The second-order valence-corrected chi connectivity index (χ2v) is 4.86. The highest BCUT2D eigenvalue weighted by Gasteiger charge is 2.22. The van der Waals surface area contributed by atoms with Gasteiger partial charge >= 0.3 is 0 Å². The van der Waals surface area contributed by atoms with Crippen LogP contribution in [0.4, 0.5) is 11.9 Å². The fourth-order valence-electron chi connectivity index (χ4n) is 2.24. The van der Waals surface area contributed by atoms with Gasteiger partial charge in [0.25, 0.3) is 0 Å². The summed E-state index contributed by atoms with van der Waals surface area (Å²) >= 11 is 0. The molecule has 0 atom stereocenters. The Hall–Kier alpha value is -3.16. The van der Waals surface area contributed by atoms with E-state index in [4.69, 9.17) is 11.5 Å². The van der Waals surface area contributed by atoms with Gasteiger partial charge in [0.15, 0.2) is 0 Å². The molecule has 0 aliphatic rings. The van der Waals surface area contributed by atoms with E-state index in [-0.39, 0.29) is 17.8 Å². The van der Waals surface area contributed by atoms with Crippen LogP contribution in [-0.2, 0) is 6.42 Å². The Morgan fingerprint density at radius 2 is 1.55 bits per heavy atom. The number of nitrogen functional groups attached to an aromatic ring is 2. The summed E-state index contributed by atoms with van der Waals surface area (Å²) in [5.41, 5.74) is 13.4. The SMILES string of the molecule is C=Cc1ccc(CC(c2nc(N)n[nH]2)c2nc(N)n[nH]2)cc1. The van der Waals surface area contributed by atoms with Crippen LogP contribution in [0.5, 0.6) is 0 Å². The summed E-state index contributed by atoms with van der Waals surface area (Å²) in [6.07, 6.45) is 2.45. The van der Waals surface area contributed by atoms with Gasteiger partial charge in [-0.15, -0.1) is 10.2 Å². The van der Waals surface area contributed by atoms with Crippen molar-refractivity contribution in [3.63, 3.8) is 0 Å². The highest BCUT2D eigenvalue weighted by Crippen LogP contribution is 2.24. The monoisotopic (exact) mass is 296 g/mol. The summed E-state index contributed by atoms with van der Waals surface area (Å²) in [6, 6.07) is 8.07. The minimum Gasteiger partial charge on any atom is -0.367 e. The smallest absolute Gasteiger partial charge is 0.239 e. The number of nitrogens with two attached hydrogens (primary N) is 2. The Labute approximate surface area is 126 Å². The zero-order valence-electron chi connectivity index (χ0n) is 11.8. The van der Waals surface area contributed by atoms with Gasteiger partial charge in [-0.05, 0) is 17.5 Å². The summed E-state index contributed by atoms with van der Waals surface area (Å²) in [5, 5.41) is 13.4. The third-order valence-corrected chi connectivity index (χ3v) is 3.36. The highest BCUT2D eigenvalue weighted by molar-refractivity contribution is 5.47. The summed E-state index contributed by atoms with van der Waals surface area (Å²) in [6.45, 7) is 3.75. The van der Waals surface area contributed by atoms with Gasteiger partial charge in [-0.1, -0.05) is 36.9 Å². The summed E-state index contributed by atoms with van der Waals surface area (Å²) in [7, 11) is 0. The Bertz CT molecular complexity index is 730. The van der Waals surface area contributed by atoms with Gasteiger partial charge in [-0.25, -0.2) is 0 Å². The average molecular weight is 296 g/mol. The van der Waals surface area contributed by atoms with Crippen molar-refractivity contribution in [3.05, 3.63) is 53.6 Å². The third-order valence-electron chi connectivity index (χ3n) is 3.36. The van der Waals surface area contributed by atoms with Crippen molar-refractivity contribution in [1.82, 2.24) is 30.4 Å². The lowest BCUT2D eigenvalue weighted by Gasteiger charge is -2.11. The molecule has 0 aliphatic heterocycles. The lowest BCUT2D eigenvalue weighted by Crippen LogP contribution is -2.09. The number of H-pyrrole nitrogens is 2. The molecule has 2 aromatic heterocycles. The zero-order chi connectivity index (χ0) is 15.5. The molecule has 1 aromatic carbocycles. The van der Waals surface area contributed by atoms with E-state index in [0.29, 0.717) is 18.1 Å². The van der Waals surface area contributed by atoms with E-state index in [1.165, 1.54) is 0 Å². The van der Waals surface area contributed by atoms with Crippen molar-refractivity contribution >= 4 is 18.0 Å². The molecule has 3 rings (SSSR count). The number of nitrogens with zero attached hydrogens (tertiary/aromatic N) is 4. The Kier molecular flexibility index (Phi) is 3.57. The van der Waals surface area contributed by atoms with Crippen molar-refractivity contribution in [3.8, 4) is 0 Å². The van der Waals surface area contributed by atoms with Crippen LogP contribution in [0.15, 0.2) is 30.8 Å². The van der Waals surface area contributed by atoms with Gasteiger partial charge < -0.3 is 11.5 Å². The first-order valence-electron chi connectivity index (χ1n) is 6.72. The molecule has 0 fully saturated rings. The number of anilines is 2. The van der Waals surface area contributed by atoms with Crippen LogP contribution >= 0.6 is 0 Å². The molecular formula is C14H16N8. The van der Waals surface area contributed by atoms with E-state index in [1.54, 1.807) is 6.08 Å². The number of hydrogen-bond acceptors (Lipinski definition) is 6. The summed E-state index contributed by atoms with van der Waals surface area (Å²) in [4.78, 5) is 8.39. The van der Waals surface area contributed by atoms with E-state index >= 15 is 0 Å². The predicted octanol–water partition coefficient (Wildman–Crippen LogP) is 1.10. The molecule has 0 unspecified atom stereocenters. The second kappa shape index (κ2) is 5.68. The lowest BCUT2D eigenvalue weighted by atomic mass is 9.97. The van der Waals surface area contributed by atoms with Crippen molar-refractivity contribution in [2.75, 3.05) is 11.5 Å². The predicted molar refractivity (Wildman–Crippen MR) is 83.7 cm³/mol. The molecule has 0 aliphatic carbocycles. The standard InChI is InChI=1S/C14H16N8/c1-2-8-3-5-9(6-4-8)7-10(11-17-13(15)21-19-11)12-18-14(16)22-20-12/h2-6,10H,1,7H2,(H3,15,17,19,21)(H3,16,18,20,22). The largest absolute Gasteiger partial charge is 0.367 e. The first-order chi connectivity index (χ1) is 10.7. The minimum atomic E-state index is -0.191. The molecular weight excluding hydrogens is 280 g/mol. The zero-order valence-corrected chi connectivity index (χ0v) is 11.8. The maximum Gasteiger partial charge on any atom is 0.239 e. The van der Waals surface area contributed by atoms with Crippen LogP contribution in [0.25, 0.3) is 6.08 Å². The van der Waals surface area contributed by atoms with Gasteiger partial charge in [0.1, 0.15) is 11.6 Å². The highest BCUT2D eigenvalue weighted by atomic mass is 15.3. The maximum absolute atomic E-state index is 5.60. The average Bonchev–Trinajstić information content (AvgIpc) is 3.14. The van der Waals surface area contributed by atoms with Crippen LogP contribution in [-0.4, -0.2) is 30.4 Å². The molecule has 8 nitrogen and oxygen atoms in total. The summed E-state index contributed by atoms with van der Waals surface area (Å²) < 4.78 is 0. The molecule has 22 heavy (non-hydrogen) atoms. The maximum atomic E-state index is 5.60. The van der Waals surface area contributed by atoms with Crippen LogP contribution in [0.2, 0.25) is 0 Å². The van der Waals surface area contributed by atoms with Gasteiger partial charge in [-0.2, -0.15) is 9.97 Å². The number of nitrogens with one attached hydrogen (secondary N) is 2. The molecule has 0 saturated carbocycles. The van der Waals surface area contributed by atoms with Crippen molar-refractivity contribution in [2.45, 2.75) is 12.3 Å². The Balaban J connectivity index is 1.92. The quantitative estimate of drug-likeness (QED) is 0.557. The van der Waals surface area contributed by atoms with Crippen LogP contribution in [0.3, 0.4) is 0 Å². The number of aromatic nitrogens is 6. The van der Waals surface area contributed by atoms with Gasteiger partial charge in [0.2, 0.25) is 11.9 Å². The molecule has 8 heteroatoms.